The maximum Gasteiger partial charge on any atom is 0.0974 e. The van der Waals surface area contributed by atoms with Gasteiger partial charge in [-0.25, -0.2) is 0 Å². The van der Waals surface area contributed by atoms with E-state index >= 15 is 0 Å². The molecular weight excluding hydrogens is 208 g/mol. The molecule has 0 unspecified atom stereocenters. The van der Waals surface area contributed by atoms with Crippen molar-refractivity contribution in [3.05, 3.63) is 29.7 Å². The Hall–Kier alpha value is -0.690. The van der Waals surface area contributed by atoms with Crippen LogP contribution in [0.2, 0.25) is 0 Å². The van der Waals surface area contributed by atoms with E-state index in [1.54, 1.807) is 12.5 Å². The average Bonchev–Trinajstić information content (AvgIpc) is 2.80. The normalized spacial score (nSPS) is 19.4. The maximum atomic E-state index is 6.02. The zero-order valence-electron chi connectivity index (χ0n) is 8.92. The zero-order valence-corrected chi connectivity index (χ0v) is 9.67. The predicted octanol–water partition coefficient (Wildman–Crippen LogP) is 4.48. The maximum absolute atomic E-state index is 6.02. The van der Waals surface area contributed by atoms with Gasteiger partial charge >= 0.3 is 0 Å². The van der Waals surface area contributed by atoms with Crippen molar-refractivity contribution in [3.8, 4) is 0 Å². The van der Waals surface area contributed by atoms with Crippen molar-refractivity contribution in [1.82, 2.24) is 0 Å². The van der Waals surface area contributed by atoms with Crippen LogP contribution >= 0.6 is 11.6 Å². The summed E-state index contributed by atoms with van der Waals surface area (Å²) in [5.74, 6) is 1.35. The quantitative estimate of drug-likeness (QED) is 0.690. The summed E-state index contributed by atoms with van der Waals surface area (Å²) in [6.07, 6.45) is 12.4. The van der Waals surface area contributed by atoms with Crippen molar-refractivity contribution < 1.29 is 4.42 Å². The molecule has 1 aliphatic carbocycles. The SMILES string of the molecule is ClCC(=Cc1ccoc1)C1CCCCC1. The van der Waals surface area contributed by atoms with Crippen molar-refractivity contribution in [2.45, 2.75) is 32.1 Å². The van der Waals surface area contributed by atoms with Crippen LogP contribution < -0.4 is 0 Å². The fraction of sp³-hybridized carbons (Fsp3) is 0.538. The van der Waals surface area contributed by atoms with E-state index in [1.165, 1.54) is 37.7 Å². The highest BCUT2D eigenvalue weighted by atomic mass is 35.5. The lowest BCUT2D eigenvalue weighted by molar-refractivity contribution is 0.405. The van der Waals surface area contributed by atoms with Crippen molar-refractivity contribution in [2.24, 2.45) is 5.92 Å². The number of furan rings is 1. The van der Waals surface area contributed by atoms with Gasteiger partial charge < -0.3 is 4.42 Å². The number of hydrogen-bond donors (Lipinski definition) is 0. The van der Waals surface area contributed by atoms with E-state index in [0.29, 0.717) is 11.8 Å². The molecule has 1 fully saturated rings. The van der Waals surface area contributed by atoms with Crippen molar-refractivity contribution in [2.75, 3.05) is 5.88 Å². The number of alkyl halides is 1. The standard InChI is InChI=1S/C13H17ClO/c14-9-13(8-11-6-7-15-10-11)12-4-2-1-3-5-12/h6-8,10,12H,1-5,9H2. The number of rotatable bonds is 3. The van der Waals surface area contributed by atoms with Gasteiger partial charge in [0.1, 0.15) is 0 Å². The average molecular weight is 225 g/mol. The van der Waals surface area contributed by atoms with E-state index in [1.807, 2.05) is 6.07 Å². The highest BCUT2D eigenvalue weighted by molar-refractivity contribution is 6.19. The molecule has 0 aromatic carbocycles. The lowest BCUT2D eigenvalue weighted by Gasteiger charge is -2.23. The van der Waals surface area contributed by atoms with Gasteiger partial charge in [-0.05, 0) is 24.8 Å². The summed E-state index contributed by atoms with van der Waals surface area (Å²) in [6, 6.07) is 1.98. The Morgan fingerprint density at radius 1 is 1.40 bits per heavy atom. The molecule has 82 valence electrons. The van der Waals surface area contributed by atoms with Crippen LogP contribution in [0.5, 0.6) is 0 Å². The molecule has 0 radical (unpaired) electrons. The third kappa shape index (κ3) is 2.88. The third-order valence-corrected chi connectivity index (χ3v) is 3.49. The van der Waals surface area contributed by atoms with Gasteiger partial charge in [0.15, 0.2) is 0 Å². The van der Waals surface area contributed by atoms with Gasteiger partial charge in [-0.1, -0.05) is 30.9 Å². The van der Waals surface area contributed by atoms with Crippen LogP contribution in [0.3, 0.4) is 0 Å². The molecule has 1 heterocycles. The molecule has 1 aliphatic rings. The lowest BCUT2D eigenvalue weighted by Crippen LogP contribution is -2.10. The van der Waals surface area contributed by atoms with Crippen LogP contribution in [0.1, 0.15) is 37.7 Å². The van der Waals surface area contributed by atoms with Gasteiger partial charge in [0.05, 0.1) is 12.5 Å². The minimum absolute atomic E-state index is 0.649. The molecule has 1 aromatic rings. The van der Waals surface area contributed by atoms with Crippen LogP contribution in [0.25, 0.3) is 6.08 Å². The Morgan fingerprint density at radius 2 is 2.20 bits per heavy atom. The van der Waals surface area contributed by atoms with Crippen molar-refractivity contribution >= 4 is 17.7 Å². The molecular formula is C13H17ClO. The van der Waals surface area contributed by atoms with Gasteiger partial charge in [0.2, 0.25) is 0 Å². The largest absolute Gasteiger partial charge is 0.472 e. The first-order chi connectivity index (χ1) is 7.40. The molecule has 0 aliphatic heterocycles. The molecule has 0 bridgehead atoms. The van der Waals surface area contributed by atoms with E-state index in [0.717, 1.165) is 5.56 Å². The van der Waals surface area contributed by atoms with E-state index in [9.17, 15) is 0 Å². The second-order valence-corrected chi connectivity index (χ2v) is 4.51. The molecule has 1 saturated carbocycles. The first kappa shape index (κ1) is 10.8. The third-order valence-electron chi connectivity index (χ3n) is 3.18. The molecule has 1 aromatic heterocycles. The van der Waals surface area contributed by atoms with E-state index in [4.69, 9.17) is 16.0 Å². The Balaban J connectivity index is 2.08. The highest BCUT2D eigenvalue weighted by Crippen LogP contribution is 2.31. The summed E-state index contributed by atoms with van der Waals surface area (Å²) in [4.78, 5) is 0. The van der Waals surface area contributed by atoms with Gasteiger partial charge in [-0.2, -0.15) is 0 Å². The van der Waals surface area contributed by atoms with Crippen LogP contribution in [-0.2, 0) is 0 Å². The van der Waals surface area contributed by atoms with Gasteiger partial charge in [0, 0.05) is 11.4 Å². The summed E-state index contributed by atoms with van der Waals surface area (Å²) >= 11 is 6.02. The number of allylic oxidation sites excluding steroid dienone is 1. The Bertz CT molecular complexity index is 307. The molecule has 15 heavy (non-hydrogen) atoms. The monoisotopic (exact) mass is 224 g/mol. The van der Waals surface area contributed by atoms with Gasteiger partial charge in [-0.15, -0.1) is 11.6 Å². The second kappa shape index (κ2) is 5.41. The second-order valence-electron chi connectivity index (χ2n) is 4.24. The van der Waals surface area contributed by atoms with Crippen molar-refractivity contribution in [3.63, 3.8) is 0 Å². The minimum Gasteiger partial charge on any atom is -0.472 e. The molecule has 1 nitrogen and oxygen atoms in total. The minimum atomic E-state index is 0.649. The molecule has 2 heteroatoms. The fourth-order valence-electron chi connectivity index (χ4n) is 2.31. The summed E-state index contributed by atoms with van der Waals surface area (Å²) in [5, 5.41) is 0. The highest BCUT2D eigenvalue weighted by Gasteiger charge is 2.17. The zero-order chi connectivity index (χ0) is 10.5. The van der Waals surface area contributed by atoms with Crippen LogP contribution in [0.15, 0.2) is 28.6 Å². The number of halogens is 1. The summed E-state index contributed by atoms with van der Waals surface area (Å²) in [5.41, 5.74) is 2.51. The van der Waals surface area contributed by atoms with Crippen LogP contribution in [-0.4, -0.2) is 5.88 Å². The van der Waals surface area contributed by atoms with Gasteiger partial charge in [-0.3, -0.25) is 0 Å². The van der Waals surface area contributed by atoms with Crippen molar-refractivity contribution in [1.29, 1.82) is 0 Å². The van der Waals surface area contributed by atoms with Crippen LogP contribution in [0.4, 0.5) is 0 Å². The molecule has 2 rings (SSSR count). The molecule has 0 amide bonds. The molecule has 0 N–H and O–H groups in total. The number of hydrogen-bond acceptors (Lipinski definition) is 1. The molecule has 0 atom stereocenters. The summed E-state index contributed by atoms with van der Waals surface area (Å²) in [6.45, 7) is 0. The first-order valence-electron chi connectivity index (χ1n) is 5.69. The predicted molar refractivity (Wildman–Crippen MR) is 64.0 cm³/mol. The Labute approximate surface area is 96.1 Å². The topological polar surface area (TPSA) is 13.1 Å². The molecule has 0 spiro atoms. The van der Waals surface area contributed by atoms with Gasteiger partial charge in [0.25, 0.3) is 0 Å². The fourth-order valence-corrected chi connectivity index (χ4v) is 2.61. The smallest absolute Gasteiger partial charge is 0.0974 e. The Morgan fingerprint density at radius 3 is 2.80 bits per heavy atom. The van der Waals surface area contributed by atoms with E-state index < -0.39 is 0 Å². The summed E-state index contributed by atoms with van der Waals surface area (Å²) < 4.78 is 5.06. The first-order valence-corrected chi connectivity index (χ1v) is 6.22. The van der Waals surface area contributed by atoms with Crippen LogP contribution in [0, 0.1) is 5.92 Å². The molecule has 0 saturated heterocycles. The summed E-state index contributed by atoms with van der Waals surface area (Å²) in [7, 11) is 0. The Kier molecular flexibility index (Phi) is 3.90. The van der Waals surface area contributed by atoms with E-state index in [2.05, 4.69) is 6.08 Å². The van der Waals surface area contributed by atoms with E-state index in [-0.39, 0.29) is 0 Å². The lowest BCUT2D eigenvalue weighted by atomic mass is 9.84.